The molecule has 5 rings (SSSR count). The van der Waals surface area contributed by atoms with Gasteiger partial charge in [0.05, 0.1) is 29.5 Å². The number of aliphatic imine (C=N–C) groups is 1. The van der Waals surface area contributed by atoms with E-state index in [1.54, 1.807) is 6.21 Å². The third kappa shape index (κ3) is 3.69. The Morgan fingerprint density at radius 1 is 1.03 bits per heavy atom. The van der Waals surface area contributed by atoms with E-state index in [0.717, 1.165) is 32.5 Å². The minimum absolute atomic E-state index is 0.126. The summed E-state index contributed by atoms with van der Waals surface area (Å²) in [5, 5.41) is 8.60. The molecule has 142 valence electrons. The van der Waals surface area contributed by atoms with Crippen molar-refractivity contribution < 1.29 is 0 Å². The molecule has 2 aliphatic rings. The van der Waals surface area contributed by atoms with E-state index in [4.69, 9.17) is 4.98 Å². The summed E-state index contributed by atoms with van der Waals surface area (Å²) in [7, 11) is 0. The Hall–Kier alpha value is -3.32. The Bertz CT molecular complexity index is 1180. The van der Waals surface area contributed by atoms with E-state index in [1.807, 2.05) is 60.7 Å². The van der Waals surface area contributed by atoms with Crippen LogP contribution in [0.15, 0.2) is 87.4 Å². The van der Waals surface area contributed by atoms with Gasteiger partial charge in [-0.25, -0.2) is 15.4 Å². The number of aromatic nitrogens is 2. The molecular formula is C22H17BrN6. The van der Waals surface area contributed by atoms with Crippen molar-refractivity contribution in [3.63, 3.8) is 0 Å². The normalized spacial score (nSPS) is 20.0. The largest absolute Gasteiger partial charge is 0.360 e. The molecule has 6 nitrogen and oxygen atoms in total. The number of allylic oxidation sites excluding steroid dienone is 2. The van der Waals surface area contributed by atoms with Gasteiger partial charge in [0.1, 0.15) is 5.84 Å². The van der Waals surface area contributed by atoms with Gasteiger partial charge in [-0.3, -0.25) is 4.99 Å². The number of hydrogen-bond acceptors (Lipinski definition) is 6. The molecule has 0 amide bonds. The van der Waals surface area contributed by atoms with Crippen molar-refractivity contribution in [2.45, 2.75) is 12.1 Å². The Kier molecular flexibility index (Phi) is 4.65. The van der Waals surface area contributed by atoms with Crippen LogP contribution in [0.4, 0.5) is 5.95 Å². The number of benzene rings is 2. The van der Waals surface area contributed by atoms with Crippen molar-refractivity contribution in [3.05, 3.63) is 77.3 Å². The molecule has 1 aliphatic carbocycles. The van der Waals surface area contributed by atoms with Gasteiger partial charge in [0.25, 0.3) is 0 Å². The Labute approximate surface area is 176 Å². The first-order chi connectivity index (χ1) is 14.3. The summed E-state index contributed by atoms with van der Waals surface area (Å²) < 4.78 is 0.986. The van der Waals surface area contributed by atoms with E-state index >= 15 is 0 Å². The van der Waals surface area contributed by atoms with Crippen molar-refractivity contribution in [1.29, 1.82) is 0 Å². The van der Waals surface area contributed by atoms with Crippen molar-refractivity contribution in [2.75, 3.05) is 5.43 Å². The molecule has 2 unspecified atom stereocenters. The van der Waals surface area contributed by atoms with Gasteiger partial charge in [-0.15, -0.1) is 0 Å². The monoisotopic (exact) mass is 444 g/mol. The molecule has 3 aromatic rings. The van der Waals surface area contributed by atoms with E-state index in [1.165, 1.54) is 0 Å². The number of amidine groups is 1. The van der Waals surface area contributed by atoms with Gasteiger partial charge in [-0.2, -0.15) is 5.10 Å². The van der Waals surface area contributed by atoms with Crippen LogP contribution in [-0.4, -0.2) is 34.1 Å². The van der Waals surface area contributed by atoms with Crippen molar-refractivity contribution in [1.82, 2.24) is 15.3 Å². The zero-order valence-corrected chi connectivity index (χ0v) is 16.9. The molecule has 2 atom stereocenters. The molecule has 0 radical (unpaired) electrons. The zero-order chi connectivity index (χ0) is 19.6. The standard InChI is InChI=1S/C22H17BrN6/c23-15-10-11-17-16(12-15)21(14-6-2-1-3-7-14)28-22(27-17)29-24-13-20-25-18-8-4-5-9-19(18)26-20/h1-13,18-19H,(H,25,26)(H,27,28,29)/b24-13+. The van der Waals surface area contributed by atoms with Gasteiger partial charge in [0, 0.05) is 15.4 Å². The fourth-order valence-electron chi connectivity index (χ4n) is 3.41. The smallest absolute Gasteiger partial charge is 0.244 e. The van der Waals surface area contributed by atoms with Crippen LogP contribution in [0.5, 0.6) is 0 Å². The number of rotatable bonds is 4. The van der Waals surface area contributed by atoms with Crippen LogP contribution in [-0.2, 0) is 0 Å². The van der Waals surface area contributed by atoms with Crippen LogP contribution in [0.1, 0.15) is 0 Å². The van der Waals surface area contributed by atoms with Crippen molar-refractivity contribution in [3.8, 4) is 11.3 Å². The highest BCUT2D eigenvalue weighted by Gasteiger charge is 2.24. The van der Waals surface area contributed by atoms with E-state index < -0.39 is 0 Å². The molecular weight excluding hydrogens is 428 g/mol. The van der Waals surface area contributed by atoms with Crippen molar-refractivity contribution >= 4 is 44.8 Å². The molecule has 0 bridgehead atoms. The van der Waals surface area contributed by atoms with E-state index in [0.29, 0.717) is 5.95 Å². The summed E-state index contributed by atoms with van der Waals surface area (Å²) >= 11 is 3.54. The molecule has 2 N–H and O–H groups in total. The van der Waals surface area contributed by atoms with E-state index in [-0.39, 0.29) is 12.1 Å². The lowest BCUT2D eigenvalue weighted by atomic mass is 10.1. The molecule has 0 fully saturated rings. The van der Waals surface area contributed by atoms with Crippen LogP contribution >= 0.6 is 15.9 Å². The van der Waals surface area contributed by atoms with Gasteiger partial charge >= 0.3 is 0 Å². The van der Waals surface area contributed by atoms with Crippen molar-refractivity contribution in [2.24, 2.45) is 10.1 Å². The highest BCUT2D eigenvalue weighted by atomic mass is 79.9. The minimum atomic E-state index is 0.126. The molecule has 0 spiro atoms. The molecule has 29 heavy (non-hydrogen) atoms. The molecule has 0 saturated heterocycles. The molecule has 2 heterocycles. The number of nitrogens with one attached hydrogen (secondary N) is 2. The predicted molar refractivity (Wildman–Crippen MR) is 121 cm³/mol. The fraction of sp³-hybridized carbons (Fsp3) is 0.0909. The van der Waals surface area contributed by atoms with Crippen LogP contribution in [0, 0.1) is 0 Å². The van der Waals surface area contributed by atoms with Gasteiger partial charge in [-0.1, -0.05) is 70.6 Å². The predicted octanol–water partition coefficient (Wildman–Crippen LogP) is 4.32. The minimum Gasteiger partial charge on any atom is -0.360 e. The number of hydrazone groups is 1. The lowest BCUT2D eigenvalue weighted by Gasteiger charge is -2.12. The van der Waals surface area contributed by atoms with E-state index in [2.05, 4.69) is 53.9 Å². The SMILES string of the molecule is Brc1ccc2nc(N/N=C/C3=NC4C=CC=CC4N3)nc(-c3ccccc3)c2c1. The molecule has 0 saturated carbocycles. The number of fused-ring (bicyclic) bond motifs is 2. The second kappa shape index (κ2) is 7.60. The first-order valence-corrected chi connectivity index (χ1v) is 10.1. The lowest BCUT2D eigenvalue weighted by Crippen LogP contribution is -2.33. The highest BCUT2D eigenvalue weighted by molar-refractivity contribution is 9.10. The molecule has 2 aromatic carbocycles. The maximum Gasteiger partial charge on any atom is 0.244 e. The van der Waals surface area contributed by atoms with Crippen LogP contribution in [0.25, 0.3) is 22.2 Å². The van der Waals surface area contributed by atoms with Gasteiger partial charge in [0.2, 0.25) is 5.95 Å². The number of nitrogens with zero attached hydrogens (tertiary/aromatic N) is 4. The maximum atomic E-state index is 4.71. The third-order valence-electron chi connectivity index (χ3n) is 4.76. The zero-order valence-electron chi connectivity index (χ0n) is 15.3. The third-order valence-corrected chi connectivity index (χ3v) is 5.26. The van der Waals surface area contributed by atoms with Gasteiger partial charge in [0.15, 0.2) is 0 Å². The quantitative estimate of drug-likeness (QED) is 0.464. The topological polar surface area (TPSA) is 74.6 Å². The number of anilines is 1. The first kappa shape index (κ1) is 17.8. The summed E-state index contributed by atoms with van der Waals surface area (Å²) in [6, 6.07) is 16.4. The van der Waals surface area contributed by atoms with Gasteiger partial charge in [-0.05, 0) is 18.2 Å². The average molecular weight is 445 g/mol. The Balaban J connectivity index is 1.44. The number of halogens is 1. The molecule has 1 aliphatic heterocycles. The summed E-state index contributed by atoms with van der Waals surface area (Å²) in [5.74, 6) is 1.17. The summed E-state index contributed by atoms with van der Waals surface area (Å²) in [6.07, 6.45) is 9.87. The lowest BCUT2D eigenvalue weighted by molar-refractivity contribution is 0.696. The fourth-order valence-corrected chi connectivity index (χ4v) is 3.77. The maximum absolute atomic E-state index is 4.71. The number of hydrogen-bond donors (Lipinski definition) is 2. The summed E-state index contributed by atoms with van der Waals surface area (Å²) in [5.41, 5.74) is 5.67. The second-order valence-corrected chi connectivity index (χ2v) is 7.65. The van der Waals surface area contributed by atoms with Gasteiger partial charge < -0.3 is 5.32 Å². The van der Waals surface area contributed by atoms with E-state index in [9.17, 15) is 0 Å². The average Bonchev–Trinajstić information content (AvgIpc) is 3.17. The Morgan fingerprint density at radius 2 is 1.90 bits per heavy atom. The van der Waals surface area contributed by atoms with Crippen LogP contribution < -0.4 is 10.7 Å². The second-order valence-electron chi connectivity index (χ2n) is 6.74. The molecule has 1 aromatic heterocycles. The summed E-state index contributed by atoms with van der Waals surface area (Å²) in [6.45, 7) is 0. The Morgan fingerprint density at radius 3 is 2.76 bits per heavy atom. The highest BCUT2D eigenvalue weighted by Crippen LogP contribution is 2.29. The van der Waals surface area contributed by atoms with Crippen LogP contribution in [0.2, 0.25) is 0 Å². The molecule has 7 heteroatoms. The van der Waals surface area contributed by atoms with Crippen LogP contribution in [0.3, 0.4) is 0 Å². The first-order valence-electron chi connectivity index (χ1n) is 9.27. The summed E-state index contributed by atoms with van der Waals surface area (Å²) in [4.78, 5) is 13.9.